The molecule has 4 rings (SSSR count). The molecule has 1 aromatic heterocycles. The molecular weight excluding hydrogens is 330 g/mol. The Bertz CT molecular complexity index is 903. The van der Waals surface area contributed by atoms with Gasteiger partial charge in [0.15, 0.2) is 5.82 Å². The van der Waals surface area contributed by atoms with E-state index in [4.69, 9.17) is 5.26 Å². The molecule has 1 saturated carbocycles. The van der Waals surface area contributed by atoms with Crippen LogP contribution in [-0.4, -0.2) is 27.4 Å². The number of carbonyl (C=O) groups excluding carboxylic acids is 2. The van der Waals surface area contributed by atoms with E-state index >= 15 is 0 Å². The Kier molecular flexibility index (Phi) is 4.17. The van der Waals surface area contributed by atoms with Gasteiger partial charge in [-0.05, 0) is 56.4 Å². The predicted molar refractivity (Wildman–Crippen MR) is 94.8 cm³/mol. The average Bonchev–Trinajstić information content (AvgIpc) is 3.39. The number of rotatable bonds is 4. The number of nitrogens with zero attached hydrogens (tertiary/aromatic N) is 3. The van der Waals surface area contributed by atoms with E-state index in [2.05, 4.69) is 15.6 Å². The van der Waals surface area contributed by atoms with Gasteiger partial charge >= 0.3 is 0 Å². The van der Waals surface area contributed by atoms with Gasteiger partial charge < -0.3 is 15.2 Å². The lowest BCUT2D eigenvalue weighted by Crippen LogP contribution is -2.27. The molecule has 0 bridgehead atoms. The van der Waals surface area contributed by atoms with Crippen LogP contribution in [0, 0.1) is 11.3 Å². The summed E-state index contributed by atoms with van der Waals surface area (Å²) in [6.45, 7) is 0.690. The van der Waals surface area contributed by atoms with Crippen molar-refractivity contribution in [1.82, 2.24) is 14.9 Å². The Morgan fingerprint density at radius 1 is 1.15 bits per heavy atom. The fourth-order valence-corrected chi connectivity index (χ4v) is 3.19. The second kappa shape index (κ2) is 6.64. The summed E-state index contributed by atoms with van der Waals surface area (Å²) in [6.07, 6.45) is 4.72. The molecule has 2 aromatic rings. The maximum Gasteiger partial charge on any atom is 0.291 e. The van der Waals surface area contributed by atoms with E-state index < -0.39 is 0 Å². The van der Waals surface area contributed by atoms with Gasteiger partial charge in [-0.25, -0.2) is 4.98 Å². The zero-order valence-electron chi connectivity index (χ0n) is 14.3. The third-order valence-corrected chi connectivity index (χ3v) is 4.72. The first-order valence-corrected chi connectivity index (χ1v) is 8.87. The monoisotopic (exact) mass is 349 g/mol. The van der Waals surface area contributed by atoms with Crippen LogP contribution in [0.2, 0.25) is 0 Å². The van der Waals surface area contributed by atoms with E-state index in [-0.39, 0.29) is 23.7 Å². The van der Waals surface area contributed by atoms with Gasteiger partial charge in [-0.2, -0.15) is 5.26 Å². The minimum absolute atomic E-state index is 0.185. The van der Waals surface area contributed by atoms with Gasteiger partial charge in [0.25, 0.3) is 11.8 Å². The summed E-state index contributed by atoms with van der Waals surface area (Å²) >= 11 is 0. The fraction of sp³-hybridized carbons (Fsp3) is 0.368. The molecule has 0 saturated heterocycles. The summed E-state index contributed by atoms with van der Waals surface area (Å²) in [6, 6.07) is 8.94. The minimum atomic E-state index is -0.344. The molecule has 7 nitrogen and oxygen atoms in total. The number of hydrogen-bond donors (Lipinski definition) is 2. The van der Waals surface area contributed by atoms with E-state index in [0.717, 1.165) is 37.8 Å². The third-order valence-electron chi connectivity index (χ3n) is 4.72. The lowest BCUT2D eigenvalue weighted by atomic mass is 10.1. The van der Waals surface area contributed by atoms with Crippen LogP contribution in [0.3, 0.4) is 0 Å². The smallest absolute Gasteiger partial charge is 0.291 e. The Morgan fingerprint density at radius 3 is 2.62 bits per heavy atom. The van der Waals surface area contributed by atoms with Crippen molar-refractivity contribution in [3.63, 3.8) is 0 Å². The first kappa shape index (κ1) is 16.3. The summed E-state index contributed by atoms with van der Waals surface area (Å²) in [5, 5.41) is 14.6. The van der Waals surface area contributed by atoms with Crippen molar-refractivity contribution in [2.24, 2.45) is 0 Å². The topological polar surface area (TPSA) is 99.8 Å². The normalized spacial score (nSPS) is 15.7. The van der Waals surface area contributed by atoms with Crippen LogP contribution < -0.4 is 10.6 Å². The Morgan fingerprint density at radius 2 is 1.92 bits per heavy atom. The largest absolute Gasteiger partial charge is 0.348 e. The molecular formula is C19H19N5O2. The highest BCUT2D eigenvalue weighted by Crippen LogP contribution is 2.24. The van der Waals surface area contributed by atoms with Crippen LogP contribution >= 0.6 is 0 Å². The van der Waals surface area contributed by atoms with Gasteiger partial charge in [-0.1, -0.05) is 0 Å². The molecule has 1 aliphatic carbocycles. The quantitative estimate of drug-likeness (QED) is 0.884. The molecule has 0 atom stereocenters. The number of nitriles is 1. The van der Waals surface area contributed by atoms with Gasteiger partial charge in [-0.3, -0.25) is 9.59 Å². The second-order valence-corrected chi connectivity index (χ2v) is 6.73. The highest BCUT2D eigenvalue weighted by Gasteiger charge is 2.30. The van der Waals surface area contributed by atoms with Crippen LogP contribution in [0.25, 0.3) is 0 Å². The molecule has 2 N–H and O–H groups in total. The highest BCUT2D eigenvalue weighted by molar-refractivity contribution is 6.03. The number of imidazole rings is 1. The predicted octanol–water partition coefficient (Wildman–Crippen LogP) is 2.24. The summed E-state index contributed by atoms with van der Waals surface area (Å²) < 4.78 is 1.87. The van der Waals surface area contributed by atoms with Crippen molar-refractivity contribution >= 4 is 17.5 Å². The molecule has 0 unspecified atom stereocenters. The molecule has 2 heterocycles. The Balaban J connectivity index is 1.60. The van der Waals surface area contributed by atoms with Crippen molar-refractivity contribution in [1.29, 1.82) is 5.26 Å². The first-order chi connectivity index (χ1) is 12.7. The first-order valence-electron chi connectivity index (χ1n) is 8.87. The van der Waals surface area contributed by atoms with Gasteiger partial charge in [0.1, 0.15) is 5.69 Å². The lowest BCUT2D eigenvalue weighted by molar-refractivity contribution is 0.0945. The third kappa shape index (κ3) is 3.18. The zero-order valence-corrected chi connectivity index (χ0v) is 14.3. The van der Waals surface area contributed by atoms with Crippen molar-refractivity contribution in [2.45, 2.75) is 44.7 Å². The summed E-state index contributed by atoms with van der Waals surface area (Å²) in [7, 11) is 0. The van der Waals surface area contributed by atoms with Gasteiger partial charge in [0.05, 0.1) is 17.3 Å². The molecule has 7 heteroatoms. The molecule has 2 amide bonds. The number of fused-ring (bicyclic) bond motifs is 1. The number of carbonyl (C=O) groups is 2. The fourth-order valence-electron chi connectivity index (χ4n) is 3.19. The maximum atomic E-state index is 12.7. The van der Waals surface area contributed by atoms with Crippen molar-refractivity contribution in [3.8, 4) is 6.07 Å². The zero-order chi connectivity index (χ0) is 18.1. The van der Waals surface area contributed by atoms with Crippen LogP contribution in [0.4, 0.5) is 5.69 Å². The van der Waals surface area contributed by atoms with Gasteiger partial charge in [0.2, 0.25) is 0 Å². The van der Waals surface area contributed by atoms with E-state index in [1.807, 2.05) is 10.6 Å². The highest BCUT2D eigenvalue weighted by atomic mass is 16.2. The second-order valence-electron chi connectivity index (χ2n) is 6.73. The van der Waals surface area contributed by atoms with E-state index in [0.29, 0.717) is 23.5 Å². The van der Waals surface area contributed by atoms with E-state index in [1.165, 1.54) is 0 Å². The van der Waals surface area contributed by atoms with Crippen molar-refractivity contribution in [3.05, 3.63) is 47.0 Å². The van der Waals surface area contributed by atoms with Crippen molar-refractivity contribution < 1.29 is 9.59 Å². The molecule has 2 aliphatic rings. The number of aromatic nitrogens is 2. The van der Waals surface area contributed by atoms with Crippen LogP contribution in [0.5, 0.6) is 0 Å². The molecule has 1 aromatic carbocycles. The molecule has 1 fully saturated rings. The molecule has 132 valence electrons. The summed E-state index contributed by atoms with van der Waals surface area (Å²) in [5.74, 6) is -0.260. The number of hydrogen-bond acceptors (Lipinski definition) is 4. The number of benzene rings is 1. The summed E-state index contributed by atoms with van der Waals surface area (Å²) in [5.41, 5.74) is 2.34. The Labute approximate surface area is 151 Å². The lowest BCUT2D eigenvalue weighted by Gasteiger charge is -2.17. The van der Waals surface area contributed by atoms with Crippen LogP contribution in [0.1, 0.15) is 58.0 Å². The Hall–Kier alpha value is -3.14. The molecule has 26 heavy (non-hydrogen) atoms. The van der Waals surface area contributed by atoms with E-state index in [9.17, 15) is 9.59 Å². The number of anilines is 1. The SMILES string of the molecule is N#Cc1ccc(NC(=O)c2nc(C(=O)NC3CC3)c3n2CCCC3)cc1. The molecule has 0 spiro atoms. The number of nitrogens with one attached hydrogen (secondary N) is 2. The molecule has 0 radical (unpaired) electrons. The molecule has 1 aliphatic heterocycles. The van der Waals surface area contributed by atoms with Gasteiger partial charge in [-0.15, -0.1) is 0 Å². The van der Waals surface area contributed by atoms with Gasteiger partial charge in [0, 0.05) is 18.3 Å². The summed E-state index contributed by atoms with van der Waals surface area (Å²) in [4.78, 5) is 29.6. The van der Waals surface area contributed by atoms with Crippen LogP contribution in [-0.2, 0) is 13.0 Å². The minimum Gasteiger partial charge on any atom is -0.348 e. The van der Waals surface area contributed by atoms with E-state index in [1.54, 1.807) is 24.3 Å². The standard InChI is InChI=1S/C19H19N5O2/c20-11-12-4-6-13(7-5-12)22-19(26)17-23-16(18(25)21-14-8-9-14)15-3-1-2-10-24(15)17/h4-7,14H,1-3,8-10H2,(H,21,25)(H,22,26). The van der Waals surface area contributed by atoms with Crippen molar-refractivity contribution in [2.75, 3.05) is 5.32 Å². The average molecular weight is 349 g/mol. The van der Waals surface area contributed by atoms with Crippen LogP contribution in [0.15, 0.2) is 24.3 Å². The maximum absolute atomic E-state index is 12.7. The number of amides is 2.